The number of anilines is 1. The third-order valence-corrected chi connectivity index (χ3v) is 3.71. The third-order valence-electron chi connectivity index (χ3n) is 3.71. The number of hydrogen-bond acceptors (Lipinski definition) is 4. The van der Waals surface area contributed by atoms with Gasteiger partial charge in [-0.2, -0.15) is 5.26 Å². The number of rotatable bonds is 2. The van der Waals surface area contributed by atoms with Gasteiger partial charge in [0.25, 0.3) is 0 Å². The average Bonchev–Trinajstić information content (AvgIpc) is 2.41. The molecule has 2 atom stereocenters. The van der Waals surface area contributed by atoms with E-state index >= 15 is 0 Å². The molecule has 1 aromatic rings. The van der Waals surface area contributed by atoms with Crippen molar-refractivity contribution in [1.29, 1.82) is 5.26 Å². The fraction of sp³-hybridized carbons (Fsp3) is 0.467. The number of nitrogens with zero attached hydrogens (tertiary/aromatic N) is 2. The SMILES string of the molecule is CC(=O)c1ccc(C#N)cc1N1CCC(O)C(C)C1. The molecule has 2 rings (SSSR count). The largest absolute Gasteiger partial charge is 0.393 e. The fourth-order valence-corrected chi connectivity index (χ4v) is 2.51. The van der Waals surface area contributed by atoms with Crippen molar-refractivity contribution in [2.24, 2.45) is 5.92 Å². The molecule has 1 aromatic carbocycles. The van der Waals surface area contributed by atoms with Crippen LogP contribution < -0.4 is 4.90 Å². The lowest BCUT2D eigenvalue weighted by Crippen LogP contribution is -2.42. The molecule has 1 heterocycles. The van der Waals surface area contributed by atoms with E-state index in [9.17, 15) is 9.90 Å². The second-order valence-electron chi connectivity index (χ2n) is 5.18. The number of piperidine rings is 1. The minimum absolute atomic E-state index is 0.00161. The maximum Gasteiger partial charge on any atom is 0.161 e. The minimum Gasteiger partial charge on any atom is -0.393 e. The summed E-state index contributed by atoms with van der Waals surface area (Å²) in [5, 5.41) is 18.8. The Morgan fingerprint density at radius 1 is 1.53 bits per heavy atom. The Hall–Kier alpha value is -1.86. The average molecular weight is 258 g/mol. The molecule has 0 saturated carbocycles. The van der Waals surface area contributed by atoms with E-state index < -0.39 is 0 Å². The van der Waals surface area contributed by atoms with Crippen molar-refractivity contribution in [2.75, 3.05) is 18.0 Å². The minimum atomic E-state index is -0.281. The first-order valence-electron chi connectivity index (χ1n) is 6.51. The van der Waals surface area contributed by atoms with Crippen LogP contribution in [0.15, 0.2) is 18.2 Å². The molecule has 0 radical (unpaired) electrons. The summed E-state index contributed by atoms with van der Waals surface area (Å²) in [7, 11) is 0. The van der Waals surface area contributed by atoms with Gasteiger partial charge in [-0.15, -0.1) is 0 Å². The molecule has 4 heteroatoms. The van der Waals surface area contributed by atoms with Crippen molar-refractivity contribution in [3.63, 3.8) is 0 Å². The van der Waals surface area contributed by atoms with E-state index in [2.05, 4.69) is 11.0 Å². The van der Waals surface area contributed by atoms with E-state index in [4.69, 9.17) is 5.26 Å². The summed E-state index contributed by atoms with van der Waals surface area (Å²) >= 11 is 0. The second-order valence-corrected chi connectivity index (χ2v) is 5.18. The molecule has 0 spiro atoms. The van der Waals surface area contributed by atoms with Gasteiger partial charge in [0.2, 0.25) is 0 Å². The Balaban J connectivity index is 2.37. The molecule has 0 aliphatic carbocycles. The van der Waals surface area contributed by atoms with Crippen LogP contribution in [0.5, 0.6) is 0 Å². The van der Waals surface area contributed by atoms with Gasteiger partial charge < -0.3 is 10.0 Å². The molecule has 4 nitrogen and oxygen atoms in total. The van der Waals surface area contributed by atoms with Gasteiger partial charge in [0.15, 0.2) is 5.78 Å². The van der Waals surface area contributed by atoms with E-state index in [1.165, 1.54) is 6.92 Å². The van der Waals surface area contributed by atoms with Crippen molar-refractivity contribution in [3.8, 4) is 6.07 Å². The first-order valence-corrected chi connectivity index (χ1v) is 6.51. The highest BCUT2D eigenvalue weighted by Gasteiger charge is 2.26. The van der Waals surface area contributed by atoms with Gasteiger partial charge in [-0.3, -0.25) is 4.79 Å². The molecule has 0 bridgehead atoms. The number of carbonyl (C=O) groups is 1. The number of carbonyl (C=O) groups excluding carboxylic acids is 1. The lowest BCUT2D eigenvalue weighted by molar-refractivity contribution is 0.0967. The molecule has 2 unspecified atom stereocenters. The van der Waals surface area contributed by atoms with Gasteiger partial charge in [0.05, 0.1) is 17.7 Å². The molecule has 1 aliphatic rings. The lowest BCUT2D eigenvalue weighted by Gasteiger charge is -2.36. The van der Waals surface area contributed by atoms with Crippen molar-refractivity contribution in [1.82, 2.24) is 0 Å². The first-order chi connectivity index (χ1) is 9.02. The summed E-state index contributed by atoms with van der Waals surface area (Å²) in [4.78, 5) is 13.8. The fourth-order valence-electron chi connectivity index (χ4n) is 2.51. The summed E-state index contributed by atoms with van der Waals surface area (Å²) in [6, 6.07) is 7.25. The number of hydrogen-bond donors (Lipinski definition) is 1. The summed E-state index contributed by atoms with van der Waals surface area (Å²) in [6.45, 7) is 4.95. The van der Waals surface area contributed by atoms with Crippen LogP contribution in [-0.4, -0.2) is 30.1 Å². The van der Waals surface area contributed by atoms with Crippen molar-refractivity contribution in [2.45, 2.75) is 26.4 Å². The Morgan fingerprint density at radius 2 is 2.26 bits per heavy atom. The zero-order valence-electron chi connectivity index (χ0n) is 11.3. The maximum atomic E-state index is 11.7. The molecule has 0 amide bonds. The summed E-state index contributed by atoms with van der Waals surface area (Å²) in [5.41, 5.74) is 2.01. The Morgan fingerprint density at radius 3 is 2.84 bits per heavy atom. The molecule has 1 saturated heterocycles. The highest BCUT2D eigenvalue weighted by molar-refractivity contribution is 6.00. The van der Waals surface area contributed by atoms with Crippen LogP contribution in [0.1, 0.15) is 36.2 Å². The molecule has 100 valence electrons. The van der Waals surface area contributed by atoms with Gasteiger partial charge in [0, 0.05) is 24.3 Å². The molecule has 1 aliphatic heterocycles. The first kappa shape index (κ1) is 13.6. The Labute approximate surface area is 113 Å². The molecular formula is C15H18N2O2. The summed E-state index contributed by atoms with van der Waals surface area (Å²) in [5.74, 6) is 0.164. The van der Waals surface area contributed by atoms with Crippen molar-refractivity contribution < 1.29 is 9.90 Å². The smallest absolute Gasteiger partial charge is 0.161 e. The van der Waals surface area contributed by atoms with E-state index in [0.29, 0.717) is 30.6 Å². The normalized spacial score (nSPS) is 22.9. The standard InChI is InChI=1S/C15H18N2O2/c1-10-9-17(6-5-15(10)19)14-7-12(8-16)3-4-13(14)11(2)18/h3-4,7,10,15,19H,5-6,9H2,1-2H3. The van der Waals surface area contributed by atoms with E-state index in [1.807, 2.05) is 6.92 Å². The van der Waals surface area contributed by atoms with Crippen LogP contribution in [0.2, 0.25) is 0 Å². The van der Waals surface area contributed by atoms with E-state index in [-0.39, 0.29) is 17.8 Å². The van der Waals surface area contributed by atoms with Gasteiger partial charge in [-0.25, -0.2) is 0 Å². The van der Waals surface area contributed by atoms with Gasteiger partial charge in [-0.1, -0.05) is 6.92 Å². The summed E-state index contributed by atoms with van der Waals surface area (Å²) in [6.07, 6.45) is 0.408. The molecule has 1 fully saturated rings. The second kappa shape index (κ2) is 5.41. The Kier molecular flexibility index (Phi) is 3.87. The quantitative estimate of drug-likeness (QED) is 0.824. The van der Waals surface area contributed by atoms with Crippen molar-refractivity contribution >= 4 is 11.5 Å². The van der Waals surface area contributed by atoms with E-state index in [0.717, 1.165) is 5.69 Å². The lowest BCUT2D eigenvalue weighted by atomic mass is 9.95. The zero-order chi connectivity index (χ0) is 14.0. The third kappa shape index (κ3) is 2.77. The van der Waals surface area contributed by atoms with Crippen LogP contribution in [0.4, 0.5) is 5.69 Å². The number of Topliss-reactive ketones (excluding diaryl/α,β-unsaturated/α-hetero) is 1. The maximum absolute atomic E-state index is 11.7. The highest BCUT2D eigenvalue weighted by Crippen LogP contribution is 2.28. The van der Waals surface area contributed by atoms with Gasteiger partial charge in [-0.05, 0) is 37.5 Å². The summed E-state index contributed by atoms with van der Waals surface area (Å²) < 4.78 is 0. The van der Waals surface area contributed by atoms with Gasteiger partial charge in [0.1, 0.15) is 0 Å². The topological polar surface area (TPSA) is 64.3 Å². The molecule has 0 aromatic heterocycles. The molecular weight excluding hydrogens is 240 g/mol. The number of aliphatic hydroxyl groups excluding tert-OH is 1. The molecule has 1 N–H and O–H groups in total. The zero-order valence-corrected chi connectivity index (χ0v) is 11.3. The number of ketones is 1. The van der Waals surface area contributed by atoms with Crippen molar-refractivity contribution in [3.05, 3.63) is 29.3 Å². The predicted molar refractivity (Wildman–Crippen MR) is 73.2 cm³/mol. The van der Waals surface area contributed by atoms with Crippen LogP contribution in [0.25, 0.3) is 0 Å². The van der Waals surface area contributed by atoms with Crippen LogP contribution in [-0.2, 0) is 0 Å². The van der Waals surface area contributed by atoms with Crippen LogP contribution >= 0.6 is 0 Å². The number of nitriles is 1. The molecule has 19 heavy (non-hydrogen) atoms. The van der Waals surface area contributed by atoms with E-state index in [1.54, 1.807) is 18.2 Å². The predicted octanol–water partition coefficient (Wildman–Crippen LogP) is 1.97. The monoisotopic (exact) mass is 258 g/mol. The van der Waals surface area contributed by atoms with Gasteiger partial charge >= 0.3 is 0 Å². The number of benzene rings is 1. The number of aliphatic hydroxyl groups is 1. The van der Waals surface area contributed by atoms with Crippen LogP contribution in [0.3, 0.4) is 0 Å². The highest BCUT2D eigenvalue weighted by atomic mass is 16.3. The Bertz CT molecular complexity index is 533. The van der Waals surface area contributed by atoms with Crippen LogP contribution in [0, 0.1) is 17.2 Å².